The molecule has 2 rings (SSSR count). The monoisotopic (exact) mass is 216 g/mol. The lowest BCUT2D eigenvalue weighted by molar-refractivity contribution is 0.450. The molecule has 3 N–H and O–H groups in total. The Labute approximate surface area is 93.2 Å². The largest absolute Gasteiger partial charge is 0.508 e. The number of hydrogen-bond acceptors (Lipinski definition) is 3. The van der Waals surface area contributed by atoms with Crippen LogP contribution < -0.4 is 0 Å². The third-order valence-corrected chi connectivity index (χ3v) is 2.50. The molecule has 0 aliphatic carbocycles. The minimum Gasteiger partial charge on any atom is -0.508 e. The van der Waals surface area contributed by atoms with Crippen molar-refractivity contribution in [3.05, 3.63) is 42.0 Å². The Bertz CT molecular complexity index is 512. The van der Waals surface area contributed by atoms with Gasteiger partial charge in [-0.05, 0) is 30.7 Å². The molecule has 3 heteroatoms. The van der Waals surface area contributed by atoms with E-state index in [0.29, 0.717) is 11.1 Å². The number of hydrogen-bond donors (Lipinski definition) is 3. The standard InChI is InChI=1S/C13H12O3/c1-8-3-2-4-11(15)13(8)10-6-5-9(14)7-12(10)16/h2-7,14-16H,1H3. The fourth-order valence-corrected chi connectivity index (χ4v) is 1.73. The van der Waals surface area contributed by atoms with Crippen molar-refractivity contribution in [1.82, 2.24) is 0 Å². The van der Waals surface area contributed by atoms with E-state index < -0.39 is 0 Å². The van der Waals surface area contributed by atoms with Crippen LogP contribution in [0.15, 0.2) is 36.4 Å². The zero-order valence-corrected chi connectivity index (χ0v) is 8.81. The molecule has 0 heterocycles. The average Bonchev–Trinajstić information content (AvgIpc) is 2.20. The van der Waals surface area contributed by atoms with Gasteiger partial charge in [0.1, 0.15) is 17.2 Å². The van der Waals surface area contributed by atoms with Crippen LogP contribution in [0, 0.1) is 6.92 Å². The molecule has 0 saturated heterocycles. The minimum absolute atomic E-state index is 0.00526. The van der Waals surface area contributed by atoms with E-state index in [0.717, 1.165) is 5.56 Å². The number of aryl methyl sites for hydroxylation is 1. The summed E-state index contributed by atoms with van der Waals surface area (Å²) in [4.78, 5) is 0. The number of rotatable bonds is 1. The molecular weight excluding hydrogens is 204 g/mol. The Morgan fingerprint density at radius 3 is 2.25 bits per heavy atom. The fourth-order valence-electron chi connectivity index (χ4n) is 1.73. The third-order valence-electron chi connectivity index (χ3n) is 2.50. The van der Waals surface area contributed by atoms with Crippen LogP contribution in [0.5, 0.6) is 17.2 Å². The Balaban J connectivity index is 2.68. The predicted octanol–water partition coefficient (Wildman–Crippen LogP) is 2.78. The molecule has 82 valence electrons. The summed E-state index contributed by atoms with van der Waals surface area (Å²) >= 11 is 0. The van der Waals surface area contributed by atoms with Gasteiger partial charge in [0.05, 0.1) is 0 Å². The van der Waals surface area contributed by atoms with E-state index in [9.17, 15) is 15.3 Å². The van der Waals surface area contributed by atoms with Gasteiger partial charge in [-0.25, -0.2) is 0 Å². The molecule has 0 radical (unpaired) electrons. The Hall–Kier alpha value is -2.16. The van der Waals surface area contributed by atoms with Crippen LogP contribution in [0.2, 0.25) is 0 Å². The van der Waals surface area contributed by atoms with Gasteiger partial charge in [-0.2, -0.15) is 0 Å². The number of benzene rings is 2. The molecule has 0 amide bonds. The maximum absolute atomic E-state index is 9.76. The SMILES string of the molecule is Cc1cccc(O)c1-c1ccc(O)cc1O. The van der Waals surface area contributed by atoms with Crippen LogP contribution in [-0.4, -0.2) is 15.3 Å². The summed E-state index contributed by atoms with van der Waals surface area (Å²) in [6.07, 6.45) is 0. The van der Waals surface area contributed by atoms with Crippen molar-refractivity contribution in [3.63, 3.8) is 0 Å². The Morgan fingerprint density at radius 2 is 1.62 bits per heavy atom. The van der Waals surface area contributed by atoms with Gasteiger partial charge in [-0.15, -0.1) is 0 Å². The second-order valence-electron chi connectivity index (χ2n) is 3.67. The van der Waals surface area contributed by atoms with Crippen LogP contribution in [-0.2, 0) is 0 Å². The molecule has 2 aromatic carbocycles. The molecule has 0 aliphatic heterocycles. The van der Waals surface area contributed by atoms with Crippen molar-refractivity contribution in [2.75, 3.05) is 0 Å². The molecule has 0 fully saturated rings. The van der Waals surface area contributed by atoms with Crippen molar-refractivity contribution in [2.24, 2.45) is 0 Å². The topological polar surface area (TPSA) is 60.7 Å². The van der Waals surface area contributed by atoms with E-state index in [2.05, 4.69) is 0 Å². The first-order valence-corrected chi connectivity index (χ1v) is 4.90. The van der Waals surface area contributed by atoms with Crippen molar-refractivity contribution in [3.8, 4) is 28.4 Å². The molecule has 0 spiro atoms. The summed E-state index contributed by atoms with van der Waals surface area (Å²) < 4.78 is 0. The lowest BCUT2D eigenvalue weighted by atomic mass is 9.98. The zero-order valence-electron chi connectivity index (χ0n) is 8.81. The van der Waals surface area contributed by atoms with Gasteiger partial charge in [0.2, 0.25) is 0 Å². The second kappa shape index (κ2) is 3.77. The molecule has 16 heavy (non-hydrogen) atoms. The number of aromatic hydroxyl groups is 3. The first-order valence-electron chi connectivity index (χ1n) is 4.90. The molecule has 0 aliphatic rings. The predicted molar refractivity (Wildman–Crippen MR) is 61.6 cm³/mol. The number of phenolic OH excluding ortho intramolecular Hbond substituents is 3. The summed E-state index contributed by atoms with van der Waals surface area (Å²) in [5, 5.41) is 28.7. The molecule has 3 nitrogen and oxygen atoms in total. The van der Waals surface area contributed by atoms with Gasteiger partial charge >= 0.3 is 0 Å². The van der Waals surface area contributed by atoms with Crippen molar-refractivity contribution in [2.45, 2.75) is 6.92 Å². The van der Waals surface area contributed by atoms with Gasteiger partial charge < -0.3 is 15.3 Å². The normalized spacial score (nSPS) is 10.3. The van der Waals surface area contributed by atoms with E-state index in [4.69, 9.17) is 0 Å². The highest BCUT2D eigenvalue weighted by Gasteiger charge is 2.11. The first-order chi connectivity index (χ1) is 7.59. The quantitative estimate of drug-likeness (QED) is 0.686. The minimum atomic E-state index is -0.0513. The molecule has 0 aromatic heterocycles. The third kappa shape index (κ3) is 1.67. The van der Waals surface area contributed by atoms with E-state index in [1.54, 1.807) is 18.2 Å². The van der Waals surface area contributed by atoms with Crippen LogP contribution in [0.1, 0.15) is 5.56 Å². The van der Waals surface area contributed by atoms with Crippen molar-refractivity contribution < 1.29 is 15.3 Å². The number of phenols is 3. The van der Waals surface area contributed by atoms with Crippen LogP contribution in [0.4, 0.5) is 0 Å². The highest BCUT2D eigenvalue weighted by atomic mass is 16.3. The summed E-state index contributed by atoms with van der Waals surface area (Å²) in [5.74, 6) is 0.0555. The highest BCUT2D eigenvalue weighted by molar-refractivity contribution is 5.78. The van der Waals surface area contributed by atoms with Gasteiger partial charge in [0.15, 0.2) is 0 Å². The van der Waals surface area contributed by atoms with E-state index in [1.165, 1.54) is 12.1 Å². The fraction of sp³-hybridized carbons (Fsp3) is 0.0769. The van der Waals surface area contributed by atoms with Crippen LogP contribution >= 0.6 is 0 Å². The van der Waals surface area contributed by atoms with Crippen LogP contribution in [0.3, 0.4) is 0 Å². The molecular formula is C13H12O3. The van der Waals surface area contributed by atoms with Crippen molar-refractivity contribution >= 4 is 0 Å². The second-order valence-corrected chi connectivity index (χ2v) is 3.67. The summed E-state index contributed by atoms with van der Waals surface area (Å²) in [6, 6.07) is 9.45. The first kappa shape index (κ1) is 10.4. The molecule has 0 unspecified atom stereocenters. The lowest BCUT2D eigenvalue weighted by Crippen LogP contribution is -1.85. The molecule has 0 bridgehead atoms. The lowest BCUT2D eigenvalue weighted by Gasteiger charge is -2.10. The zero-order chi connectivity index (χ0) is 11.7. The van der Waals surface area contributed by atoms with E-state index >= 15 is 0 Å². The van der Waals surface area contributed by atoms with E-state index in [1.807, 2.05) is 13.0 Å². The summed E-state index contributed by atoms with van der Waals surface area (Å²) in [5.41, 5.74) is 1.95. The maximum Gasteiger partial charge on any atom is 0.127 e. The Morgan fingerprint density at radius 1 is 0.875 bits per heavy atom. The smallest absolute Gasteiger partial charge is 0.127 e. The molecule has 0 saturated carbocycles. The molecule has 2 aromatic rings. The summed E-state index contributed by atoms with van der Waals surface area (Å²) in [6.45, 7) is 1.85. The van der Waals surface area contributed by atoms with E-state index in [-0.39, 0.29) is 17.2 Å². The van der Waals surface area contributed by atoms with Gasteiger partial charge in [0, 0.05) is 17.2 Å². The molecule has 0 atom stereocenters. The average molecular weight is 216 g/mol. The Kier molecular flexibility index (Phi) is 2.44. The maximum atomic E-state index is 9.76. The van der Waals surface area contributed by atoms with Gasteiger partial charge in [-0.1, -0.05) is 12.1 Å². The van der Waals surface area contributed by atoms with Gasteiger partial charge in [-0.3, -0.25) is 0 Å². The van der Waals surface area contributed by atoms with Crippen molar-refractivity contribution in [1.29, 1.82) is 0 Å². The highest BCUT2D eigenvalue weighted by Crippen LogP contribution is 2.38. The van der Waals surface area contributed by atoms with Crippen LogP contribution in [0.25, 0.3) is 11.1 Å². The van der Waals surface area contributed by atoms with Gasteiger partial charge in [0.25, 0.3) is 0 Å². The summed E-state index contributed by atoms with van der Waals surface area (Å²) in [7, 11) is 0.